The summed E-state index contributed by atoms with van der Waals surface area (Å²) in [5.74, 6) is -0.399. The highest BCUT2D eigenvalue weighted by Crippen LogP contribution is 2.30. The molecule has 6 heteroatoms. The largest absolute Gasteiger partial charge is 0.411 e. The second-order valence-corrected chi connectivity index (χ2v) is 4.81. The standard InChI is InChI=1S/C14H11ClF4O/c15-12(7-20-8-14(17,18)19)10-5-6-13(16)11-4-2-1-3-9(10)11/h1-6,12H,7-8H2. The van der Waals surface area contributed by atoms with Gasteiger partial charge < -0.3 is 4.74 Å². The summed E-state index contributed by atoms with van der Waals surface area (Å²) >= 11 is 6.05. The van der Waals surface area contributed by atoms with Crippen molar-refractivity contribution in [2.24, 2.45) is 0 Å². The Hall–Kier alpha value is -1.33. The Morgan fingerprint density at radius 3 is 2.35 bits per heavy atom. The molecule has 0 saturated carbocycles. The fourth-order valence-corrected chi connectivity index (χ4v) is 2.21. The average Bonchev–Trinajstić information content (AvgIpc) is 2.38. The average molecular weight is 307 g/mol. The van der Waals surface area contributed by atoms with Crippen molar-refractivity contribution in [2.45, 2.75) is 11.6 Å². The van der Waals surface area contributed by atoms with Crippen LogP contribution in [0.2, 0.25) is 0 Å². The third-order valence-corrected chi connectivity index (χ3v) is 3.13. The number of fused-ring (bicyclic) bond motifs is 1. The van der Waals surface area contributed by atoms with E-state index in [0.717, 1.165) is 0 Å². The van der Waals surface area contributed by atoms with Crippen molar-refractivity contribution in [1.29, 1.82) is 0 Å². The Bertz CT molecular complexity index is 597. The predicted molar refractivity (Wildman–Crippen MR) is 69.4 cm³/mol. The summed E-state index contributed by atoms with van der Waals surface area (Å²) in [4.78, 5) is 0. The summed E-state index contributed by atoms with van der Waals surface area (Å²) < 4.78 is 54.1. The molecule has 0 aromatic heterocycles. The van der Waals surface area contributed by atoms with Gasteiger partial charge in [-0.15, -0.1) is 11.6 Å². The topological polar surface area (TPSA) is 9.23 Å². The van der Waals surface area contributed by atoms with Crippen LogP contribution >= 0.6 is 11.6 Å². The minimum absolute atomic E-state index is 0.295. The molecular weight excluding hydrogens is 296 g/mol. The zero-order valence-electron chi connectivity index (χ0n) is 10.3. The highest BCUT2D eigenvalue weighted by molar-refractivity contribution is 6.22. The molecule has 108 valence electrons. The summed E-state index contributed by atoms with van der Waals surface area (Å²) in [7, 11) is 0. The Morgan fingerprint density at radius 1 is 1.05 bits per heavy atom. The van der Waals surface area contributed by atoms with Gasteiger partial charge in [-0.05, 0) is 17.0 Å². The molecule has 2 aromatic rings. The molecule has 0 radical (unpaired) electrons. The van der Waals surface area contributed by atoms with Crippen molar-refractivity contribution in [3.63, 3.8) is 0 Å². The molecule has 0 N–H and O–H groups in total. The van der Waals surface area contributed by atoms with Crippen LogP contribution in [0.3, 0.4) is 0 Å². The van der Waals surface area contributed by atoms with Crippen LogP contribution in [0.15, 0.2) is 36.4 Å². The van der Waals surface area contributed by atoms with Crippen molar-refractivity contribution < 1.29 is 22.3 Å². The molecule has 2 rings (SSSR count). The van der Waals surface area contributed by atoms with Crippen molar-refractivity contribution >= 4 is 22.4 Å². The summed E-state index contributed by atoms with van der Waals surface area (Å²) in [6, 6.07) is 9.37. The van der Waals surface area contributed by atoms with Gasteiger partial charge in [-0.1, -0.05) is 30.3 Å². The second kappa shape index (κ2) is 5.97. The van der Waals surface area contributed by atoms with E-state index in [1.54, 1.807) is 24.3 Å². The monoisotopic (exact) mass is 306 g/mol. The molecule has 1 unspecified atom stereocenters. The van der Waals surface area contributed by atoms with E-state index in [2.05, 4.69) is 4.74 Å². The first-order valence-corrected chi connectivity index (χ1v) is 6.28. The first-order valence-electron chi connectivity index (χ1n) is 5.84. The molecule has 0 heterocycles. The minimum Gasteiger partial charge on any atom is -0.370 e. The van der Waals surface area contributed by atoms with Crippen LogP contribution in [0.5, 0.6) is 0 Å². The van der Waals surface area contributed by atoms with E-state index in [0.29, 0.717) is 16.3 Å². The lowest BCUT2D eigenvalue weighted by atomic mass is 10.0. The first-order chi connectivity index (χ1) is 9.38. The number of halogens is 5. The third kappa shape index (κ3) is 3.61. The normalized spacial score (nSPS) is 13.7. The Morgan fingerprint density at radius 2 is 1.70 bits per heavy atom. The number of rotatable bonds is 4. The van der Waals surface area contributed by atoms with Crippen LogP contribution in [0.4, 0.5) is 17.6 Å². The van der Waals surface area contributed by atoms with Crippen molar-refractivity contribution in [1.82, 2.24) is 0 Å². The molecule has 20 heavy (non-hydrogen) atoms. The SMILES string of the molecule is Fc1ccc(C(Cl)COCC(F)(F)F)c2ccccc12. The molecule has 1 nitrogen and oxygen atoms in total. The maximum Gasteiger partial charge on any atom is 0.411 e. The highest BCUT2D eigenvalue weighted by atomic mass is 35.5. The summed E-state index contributed by atoms with van der Waals surface area (Å²) in [5.41, 5.74) is 0.547. The molecular formula is C14H11ClF4O. The second-order valence-electron chi connectivity index (χ2n) is 4.28. The lowest BCUT2D eigenvalue weighted by molar-refractivity contribution is -0.173. The molecule has 0 amide bonds. The number of ether oxygens (including phenoxy) is 1. The van der Waals surface area contributed by atoms with Crippen molar-refractivity contribution in [3.05, 3.63) is 47.8 Å². The van der Waals surface area contributed by atoms with Crippen molar-refractivity contribution in [3.8, 4) is 0 Å². The van der Waals surface area contributed by atoms with Gasteiger partial charge in [0, 0.05) is 5.39 Å². The molecule has 0 bridgehead atoms. The molecule has 0 saturated heterocycles. The highest BCUT2D eigenvalue weighted by Gasteiger charge is 2.28. The fourth-order valence-electron chi connectivity index (χ4n) is 1.93. The summed E-state index contributed by atoms with van der Waals surface area (Å²) in [6.45, 7) is -1.65. The molecule has 0 aliphatic heterocycles. The van der Waals surface area contributed by atoms with Gasteiger partial charge in [-0.3, -0.25) is 0 Å². The zero-order valence-corrected chi connectivity index (χ0v) is 11.0. The van der Waals surface area contributed by atoms with E-state index in [9.17, 15) is 17.6 Å². The maximum atomic E-state index is 13.6. The molecule has 2 aromatic carbocycles. The van der Waals surface area contributed by atoms with Gasteiger partial charge in [0.1, 0.15) is 12.4 Å². The summed E-state index contributed by atoms with van der Waals surface area (Å²) in [5, 5.41) is 0.178. The molecule has 0 aliphatic carbocycles. The van der Waals surface area contributed by atoms with Gasteiger partial charge in [-0.2, -0.15) is 13.2 Å². The van der Waals surface area contributed by atoms with Crippen LogP contribution in [0, 0.1) is 5.82 Å². The van der Waals surface area contributed by atoms with E-state index in [1.165, 1.54) is 12.1 Å². The van der Waals surface area contributed by atoms with E-state index < -0.39 is 24.0 Å². The van der Waals surface area contributed by atoms with Gasteiger partial charge >= 0.3 is 6.18 Å². The van der Waals surface area contributed by atoms with E-state index >= 15 is 0 Å². The Balaban J connectivity index is 2.18. The van der Waals surface area contributed by atoms with Gasteiger partial charge in [0.25, 0.3) is 0 Å². The lowest BCUT2D eigenvalue weighted by Crippen LogP contribution is -2.18. The van der Waals surface area contributed by atoms with Crippen LogP contribution < -0.4 is 0 Å². The number of benzene rings is 2. The van der Waals surface area contributed by atoms with E-state index in [1.807, 2.05) is 0 Å². The van der Waals surface area contributed by atoms with Gasteiger partial charge in [-0.25, -0.2) is 4.39 Å². The predicted octanol–water partition coefficient (Wildman–Crippen LogP) is 4.84. The first kappa shape index (κ1) is 15.1. The Kier molecular flexibility index (Phi) is 4.50. The molecule has 0 aliphatic rings. The maximum absolute atomic E-state index is 13.6. The molecule has 0 spiro atoms. The van der Waals surface area contributed by atoms with Crippen molar-refractivity contribution in [2.75, 3.05) is 13.2 Å². The van der Waals surface area contributed by atoms with Gasteiger partial charge in [0.2, 0.25) is 0 Å². The fraction of sp³-hybridized carbons (Fsp3) is 0.286. The smallest absolute Gasteiger partial charge is 0.370 e. The third-order valence-electron chi connectivity index (χ3n) is 2.77. The van der Waals surface area contributed by atoms with Crippen LogP contribution in [-0.2, 0) is 4.74 Å². The summed E-state index contributed by atoms with van der Waals surface area (Å²) in [6.07, 6.45) is -4.39. The van der Waals surface area contributed by atoms with Crippen LogP contribution in [-0.4, -0.2) is 19.4 Å². The van der Waals surface area contributed by atoms with E-state index in [4.69, 9.17) is 11.6 Å². The minimum atomic E-state index is -4.39. The quantitative estimate of drug-likeness (QED) is 0.580. The van der Waals surface area contributed by atoms with Gasteiger partial charge in [0.15, 0.2) is 0 Å². The van der Waals surface area contributed by atoms with Crippen LogP contribution in [0.1, 0.15) is 10.9 Å². The van der Waals surface area contributed by atoms with Gasteiger partial charge in [0.05, 0.1) is 12.0 Å². The zero-order chi connectivity index (χ0) is 14.8. The van der Waals surface area contributed by atoms with E-state index in [-0.39, 0.29) is 6.61 Å². The number of hydrogen-bond acceptors (Lipinski definition) is 1. The van der Waals surface area contributed by atoms with Crippen LogP contribution in [0.25, 0.3) is 10.8 Å². The number of alkyl halides is 4. The lowest BCUT2D eigenvalue weighted by Gasteiger charge is -2.14. The Labute approximate surface area is 118 Å². The molecule has 1 atom stereocenters. The number of hydrogen-bond donors (Lipinski definition) is 0. The molecule has 0 fully saturated rings.